The molecule has 1 aliphatic carbocycles. The van der Waals surface area contributed by atoms with Crippen molar-refractivity contribution in [2.45, 2.75) is 79.1 Å². The second-order valence-corrected chi connectivity index (χ2v) is 16.0. The van der Waals surface area contributed by atoms with Crippen molar-refractivity contribution >= 4 is 6.08 Å². The molecule has 0 aromatic heterocycles. The molecule has 0 heterocycles. The molecule has 302 valence electrons. The summed E-state index contributed by atoms with van der Waals surface area (Å²) in [5, 5.41) is 0. The lowest BCUT2D eigenvalue weighted by Gasteiger charge is -2.42. The van der Waals surface area contributed by atoms with E-state index in [1.165, 1.54) is 90.7 Å². The van der Waals surface area contributed by atoms with Crippen molar-refractivity contribution in [3.63, 3.8) is 0 Å². The molecular formula is C60H62. The Labute approximate surface area is 361 Å². The lowest BCUT2D eigenvalue weighted by atomic mass is 9.60. The van der Waals surface area contributed by atoms with Crippen LogP contribution in [0.5, 0.6) is 0 Å². The number of allylic oxidation sites excluding steroid dienone is 5. The molecule has 7 aromatic carbocycles. The molecule has 0 nitrogen and oxygen atoms in total. The van der Waals surface area contributed by atoms with E-state index in [0.717, 1.165) is 19.3 Å². The summed E-state index contributed by atoms with van der Waals surface area (Å²) in [6.07, 6.45) is 14.9. The molecule has 0 radical (unpaired) electrons. The number of hydrogen-bond acceptors (Lipinski definition) is 0. The maximum Gasteiger partial charge on any atom is 0.0672 e. The summed E-state index contributed by atoms with van der Waals surface area (Å²) in [4.78, 5) is 0. The summed E-state index contributed by atoms with van der Waals surface area (Å²) in [5.41, 5.74) is 18.2. The fourth-order valence-electron chi connectivity index (χ4n) is 8.43. The van der Waals surface area contributed by atoms with Crippen LogP contribution >= 0.6 is 0 Å². The number of rotatable bonds is 10. The molecule has 60 heavy (non-hydrogen) atoms. The molecule has 0 spiro atoms. The number of unbranched alkanes of at least 4 members (excludes halogenated alkanes) is 1. The molecule has 0 aliphatic heterocycles. The van der Waals surface area contributed by atoms with Gasteiger partial charge in [-0.15, -0.1) is 0 Å². The van der Waals surface area contributed by atoms with Crippen molar-refractivity contribution in [2.24, 2.45) is 0 Å². The minimum atomic E-state index is -0.376. The first kappa shape index (κ1) is 43.3. The first-order valence-electron chi connectivity index (χ1n) is 21.9. The van der Waals surface area contributed by atoms with Gasteiger partial charge in [0.25, 0.3) is 0 Å². The molecule has 0 N–H and O–H groups in total. The number of aryl methyl sites for hydroxylation is 2. The molecule has 0 saturated heterocycles. The van der Waals surface area contributed by atoms with E-state index in [9.17, 15) is 0 Å². The van der Waals surface area contributed by atoms with Gasteiger partial charge >= 0.3 is 0 Å². The van der Waals surface area contributed by atoms with Crippen molar-refractivity contribution in [3.05, 3.63) is 256 Å². The summed E-state index contributed by atoms with van der Waals surface area (Å²) < 4.78 is 0. The van der Waals surface area contributed by atoms with Gasteiger partial charge in [-0.25, -0.2) is 0 Å². The van der Waals surface area contributed by atoms with Crippen LogP contribution < -0.4 is 0 Å². The van der Waals surface area contributed by atoms with Crippen LogP contribution in [-0.4, -0.2) is 0 Å². The highest BCUT2D eigenvalue weighted by molar-refractivity contribution is 5.69. The van der Waals surface area contributed by atoms with Crippen LogP contribution in [0.4, 0.5) is 0 Å². The zero-order chi connectivity index (χ0) is 42.2. The topological polar surface area (TPSA) is 0 Å². The Balaban J connectivity index is 0.000000295. The smallest absolute Gasteiger partial charge is 0.0672 e. The Morgan fingerprint density at radius 3 is 1.68 bits per heavy atom. The van der Waals surface area contributed by atoms with Crippen LogP contribution in [0.25, 0.3) is 28.3 Å². The summed E-state index contributed by atoms with van der Waals surface area (Å²) >= 11 is 0. The fourth-order valence-corrected chi connectivity index (χ4v) is 8.43. The predicted octanol–water partition coefficient (Wildman–Crippen LogP) is 16.7. The van der Waals surface area contributed by atoms with Gasteiger partial charge in [0.15, 0.2) is 0 Å². The molecule has 0 saturated carbocycles. The standard InChI is InChI=1S/C43H40.C13H12.C4H10/c1-32-17-10-12-28-40(32)43(39-26-8-5-9-27-39,41-29-13-11-18-33(41)2)42-30-16-24-36(34(42)3)23-14-19-35-20-15-25-38(31-35)37-21-6-4-7-22-37;1-11-6-5-9-13(10-11)12-7-3-2-4-8-12;1-3-4-2/h4-12,14-18,20-28,30-31H,13,19,29H2,1-3H3;2-10H,1H3;3-4H2,1-2H3/b23-14+;;. The number of benzene rings is 7. The molecule has 8 rings (SSSR count). The van der Waals surface area contributed by atoms with E-state index in [2.05, 4.69) is 242 Å². The van der Waals surface area contributed by atoms with Gasteiger partial charge in [-0.1, -0.05) is 244 Å². The molecule has 0 amide bonds. The average molecular weight is 783 g/mol. The Morgan fingerprint density at radius 1 is 0.517 bits per heavy atom. The molecular weight excluding hydrogens is 721 g/mol. The molecule has 0 bridgehead atoms. The van der Waals surface area contributed by atoms with Crippen LogP contribution in [0.15, 0.2) is 211 Å². The van der Waals surface area contributed by atoms with Crippen molar-refractivity contribution in [3.8, 4) is 22.3 Å². The van der Waals surface area contributed by atoms with Gasteiger partial charge < -0.3 is 0 Å². The largest absolute Gasteiger partial charge is 0.0840 e. The van der Waals surface area contributed by atoms with Crippen molar-refractivity contribution in [2.75, 3.05) is 0 Å². The van der Waals surface area contributed by atoms with Gasteiger partial charge in [0, 0.05) is 0 Å². The molecule has 0 fully saturated rings. The first-order chi connectivity index (χ1) is 29.4. The number of hydrogen-bond donors (Lipinski definition) is 0. The molecule has 1 unspecified atom stereocenters. The quantitative estimate of drug-likeness (QED) is 0.121. The Hall–Kier alpha value is -6.24. The summed E-state index contributed by atoms with van der Waals surface area (Å²) in [6.45, 7) is 13.4. The Kier molecular flexibility index (Phi) is 15.7. The zero-order valence-electron chi connectivity index (χ0n) is 36.7. The van der Waals surface area contributed by atoms with E-state index in [4.69, 9.17) is 0 Å². The summed E-state index contributed by atoms with van der Waals surface area (Å²) in [6, 6.07) is 65.6. The van der Waals surface area contributed by atoms with E-state index in [1.807, 2.05) is 6.07 Å². The highest BCUT2D eigenvalue weighted by atomic mass is 14.4. The molecule has 1 atom stereocenters. The van der Waals surface area contributed by atoms with Gasteiger partial charge in [0.2, 0.25) is 0 Å². The fraction of sp³-hybridized carbons (Fsp3) is 0.200. The van der Waals surface area contributed by atoms with Crippen LogP contribution in [0, 0.1) is 20.8 Å². The van der Waals surface area contributed by atoms with Gasteiger partial charge in [0.05, 0.1) is 5.41 Å². The van der Waals surface area contributed by atoms with Crippen LogP contribution in [-0.2, 0) is 11.8 Å². The maximum absolute atomic E-state index is 2.37. The summed E-state index contributed by atoms with van der Waals surface area (Å²) in [5.74, 6) is 0. The third kappa shape index (κ3) is 10.5. The third-order valence-electron chi connectivity index (χ3n) is 11.7. The van der Waals surface area contributed by atoms with Crippen molar-refractivity contribution < 1.29 is 0 Å². The van der Waals surface area contributed by atoms with Gasteiger partial charge in [0.1, 0.15) is 0 Å². The Bertz CT molecular complexity index is 2500. The van der Waals surface area contributed by atoms with Crippen LogP contribution in [0.2, 0.25) is 0 Å². The third-order valence-corrected chi connectivity index (χ3v) is 11.7. The highest BCUT2D eigenvalue weighted by Gasteiger charge is 2.42. The first-order valence-corrected chi connectivity index (χ1v) is 21.9. The minimum Gasteiger partial charge on any atom is -0.0840 e. The van der Waals surface area contributed by atoms with Crippen LogP contribution in [0.3, 0.4) is 0 Å². The van der Waals surface area contributed by atoms with Crippen LogP contribution in [0.1, 0.15) is 91.0 Å². The normalized spacial score (nSPS) is 13.2. The monoisotopic (exact) mass is 782 g/mol. The Morgan fingerprint density at radius 2 is 1.07 bits per heavy atom. The highest BCUT2D eigenvalue weighted by Crippen LogP contribution is 2.51. The van der Waals surface area contributed by atoms with Gasteiger partial charge in [-0.3, -0.25) is 0 Å². The minimum absolute atomic E-state index is 0.376. The SMILES string of the molecule is CC1=C(C(c2ccccc2)(c2ccccc2C)c2cccc(/C=C/Cc3cccc(-c4ccccc4)c3)c2C)CCC=C1.CCCC.Cc1cccc(-c2ccccc2)c1. The maximum atomic E-state index is 2.37. The van der Waals surface area contributed by atoms with E-state index >= 15 is 0 Å². The van der Waals surface area contributed by atoms with Gasteiger partial charge in [-0.2, -0.15) is 0 Å². The molecule has 7 aromatic rings. The van der Waals surface area contributed by atoms with E-state index in [-0.39, 0.29) is 5.41 Å². The summed E-state index contributed by atoms with van der Waals surface area (Å²) in [7, 11) is 0. The second-order valence-electron chi connectivity index (χ2n) is 16.0. The van der Waals surface area contributed by atoms with E-state index in [0.29, 0.717) is 0 Å². The lowest BCUT2D eigenvalue weighted by molar-refractivity contribution is 0.659. The predicted molar refractivity (Wildman–Crippen MR) is 262 cm³/mol. The van der Waals surface area contributed by atoms with Gasteiger partial charge in [-0.05, 0) is 114 Å². The molecule has 1 aliphatic rings. The second kappa shape index (κ2) is 21.7. The average Bonchev–Trinajstić information content (AvgIpc) is 3.30. The van der Waals surface area contributed by atoms with Crippen molar-refractivity contribution in [1.82, 2.24) is 0 Å². The van der Waals surface area contributed by atoms with E-state index < -0.39 is 0 Å². The lowest BCUT2D eigenvalue weighted by Crippen LogP contribution is -2.35. The van der Waals surface area contributed by atoms with E-state index in [1.54, 1.807) is 0 Å². The van der Waals surface area contributed by atoms with Crippen molar-refractivity contribution in [1.29, 1.82) is 0 Å². The molecule has 0 heteroatoms. The zero-order valence-corrected chi connectivity index (χ0v) is 36.7.